The molecule has 3 heteroatoms. The van der Waals surface area contributed by atoms with Gasteiger partial charge in [0.2, 0.25) is 0 Å². The van der Waals surface area contributed by atoms with Crippen molar-refractivity contribution in [2.75, 3.05) is 0 Å². The van der Waals surface area contributed by atoms with E-state index in [9.17, 15) is 4.79 Å². The van der Waals surface area contributed by atoms with Crippen LogP contribution in [0.3, 0.4) is 0 Å². The first-order valence-corrected chi connectivity index (χ1v) is 7.15. The molecule has 1 aromatic heterocycles. The molecule has 0 aliphatic heterocycles. The number of rotatable bonds is 3. The third kappa shape index (κ3) is 3.32. The molecule has 1 aliphatic rings. The molecule has 2 unspecified atom stereocenters. The van der Waals surface area contributed by atoms with Gasteiger partial charge in [-0.1, -0.05) is 19.8 Å². The van der Waals surface area contributed by atoms with Crippen LogP contribution in [0, 0.1) is 12.8 Å². The van der Waals surface area contributed by atoms with E-state index in [-0.39, 0.29) is 0 Å². The molecule has 1 fully saturated rings. The molecule has 0 spiro atoms. The van der Waals surface area contributed by atoms with E-state index in [1.54, 1.807) is 6.20 Å². The Bertz CT molecular complexity index is 405. The standard InChI is InChI=1S/C14H19NOS/c1-10-4-3-5-13(6-10)17-14-11(2)7-12(9-16)8-15-14/h7-10,13H,3-6H2,1-2H3. The molecule has 0 aromatic carbocycles. The van der Waals surface area contributed by atoms with Crippen molar-refractivity contribution in [1.82, 2.24) is 4.98 Å². The zero-order valence-corrected chi connectivity index (χ0v) is 11.3. The molecule has 17 heavy (non-hydrogen) atoms. The summed E-state index contributed by atoms with van der Waals surface area (Å²) in [5.74, 6) is 0.843. The number of carbonyl (C=O) groups excluding carboxylic acids is 1. The van der Waals surface area contributed by atoms with Crippen LogP contribution >= 0.6 is 11.8 Å². The number of aryl methyl sites for hydroxylation is 1. The fourth-order valence-corrected chi connectivity index (χ4v) is 3.80. The highest BCUT2D eigenvalue weighted by molar-refractivity contribution is 7.99. The Balaban J connectivity index is 2.05. The summed E-state index contributed by atoms with van der Waals surface area (Å²) >= 11 is 1.89. The first kappa shape index (κ1) is 12.6. The molecule has 92 valence electrons. The Morgan fingerprint density at radius 3 is 2.94 bits per heavy atom. The average molecular weight is 249 g/mol. The van der Waals surface area contributed by atoms with Crippen molar-refractivity contribution in [3.8, 4) is 0 Å². The SMILES string of the molecule is Cc1cc(C=O)cnc1SC1CCCC(C)C1. The summed E-state index contributed by atoms with van der Waals surface area (Å²) < 4.78 is 0. The molecule has 2 rings (SSSR count). The van der Waals surface area contributed by atoms with Gasteiger partial charge < -0.3 is 0 Å². The summed E-state index contributed by atoms with van der Waals surface area (Å²) in [6.07, 6.45) is 7.83. The topological polar surface area (TPSA) is 30.0 Å². The predicted octanol–water partition coefficient (Wildman–Crippen LogP) is 3.87. The second kappa shape index (κ2) is 5.67. The minimum absolute atomic E-state index is 0.670. The molecule has 2 nitrogen and oxygen atoms in total. The lowest BCUT2D eigenvalue weighted by molar-refractivity contribution is 0.112. The number of aldehydes is 1. The van der Waals surface area contributed by atoms with Gasteiger partial charge in [0, 0.05) is 17.0 Å². The lowest BCUT2D eigenvalue weighted by atomic mass is 9.91. The normalized spacial score (nSPS) is 24.6. The maximum atomic E-state index is 10.7. The van der Waals surface area contributed by atoms with Gasteiger partial charge in [0.15, 0.2) is 6.29 Å². The minimum Gasteiger partial charge on any atom is -0.298 e. The number of thioether (sulfide) groups is 1. The first-order chi connectivity index (χ1) is 8.19. The highest BCUT2D eigenvalue weighted by Gasteiger charge is 2.20. The predicted molar refractivity (Wildman–Crippen MR) is 71.6 cm³/mol. The second-order valence-electron chi connectivity index (χ2n) is 5.02. The molecule has 2 atom stereocenters. The van der Waals surface area contributed by atoms with Gasteiger partial charge in [0.1, 0.15) is 0 Å². The fraction of sp³-hybridized carbons (Fsp3) is 0.571. The summed E-state index contributed by atoms with van der Waals surface area (Å²) in [5.41, 5.74) is 1.79. The van der Waals surface area contributed by atoms with Crippen LogP contribution in [0.15, 0.2) is 17.3 Å². The van der Waals surface area contributed by atoms with E-state index in [0.717, 1.165) is 22.8 Å². The lowest BCUT2D eigenvalue weighted by Crippen LogP contribution is -2.15. The van der Waals surface area contributed by atoms with Gasteiger partial charge in [-0.25, -0.2) is 4.98 Å². The number of aromatic nitrogens is 1. The molecule has 1 aliphatic carbocycles. The number of carbonyl (C=O) groups is 1. The van der Waals surface area contributed by atoms with Crippen LogP contribution in [0.4, 0.5) is 0 Å². The lowest BCUT2D eigenvalue weighted by Gasteiger charge is -2.26. The van der Waals surface area contributed by atoms with Crippen LogP contribution in [0.1, 0.15) is 48.5 Å². The number of nitrogens with zero attached hydrogens (tertiary/aromatic N) is 1. The van der Waals surface area contributed by atoms with E-state index < -0.39 is 0 Å². The molecule has 0 amide bonds. The largest absolute Gasteiger partial charge is 0.298 e. The molecule has 0 radical (unpaired) electrons. The summed E-state index contributed by atoms with van der Waals surface area (Å²) in [6.45, 7) is 4.37. The third-order valence-electron chi connectivity index (χ3n) is 3.35. The summed E-state index contributed by atoms with van der Waals surface area (Å²) in [7, 11) is 0. The van der Waals surface area contributed by atoms with Crippen LogP contribution < -0.4 is 0 Å². The summed E-state index contributed by atoms with van der Waals surface area (Å²) in [4.78, 5) is 15.1. The maximum absolute atomic E-state index is 10.7. The smallest absolute Gasteiger partial charge is 0.151 e. The molecule has 0 N–H and O–H groups in total. The Hall–Kier alpha value is -0.830. The van der Waals surface area contributed by atoms with Crippen molar-refractivity contribution < 1.29 is 4.79 Å². The van der Waals surface area contributed by atoms with E-state index in [4.69, 9.17) is 0 Å². The molecule has 1 heterocycles. The van der Waals surface area contributed by atoms with E-state index >= 15 is 0 Å². The van der Waals surface area contributed by atoms with Crippen LogP contribution in [0.2, 0.25) is 0 Å². The Morgan fingerprint density at radius 2 is 2.29 bits per heavy atom. The third-order valence-corrected chi connectivity index (χ3v) is 4.77. The van der Waals surface area contributed by atoms with Crippen molar-refractivity contribution in [3.63, 3.8) is 0 Å². The van der Waals surface area contributed by atoms with E-state index in [0.29, 0.717) is 10.8 Å². The quantitative estimate of drug-likeness (QED) is 0.762. The van der Waals surface area contributed by atoms with E-state index in [2.05, 4.69) is 11.9 Å². The fourth-order valence-electron chi connectivity index (χ4n) is 2.42. The molecule has 0 bridgehead atoms. The zero-order chi connectivity index (χ0) is 12.3. The monoisotopic (exact) mass is 249 g/mol. The molecule has 1 saturated carbocycles. The Morgan fingerprint density at radius 1 is 1.47 bits per heavy atom. The van der Waals surface area contributed by atoms with E-state index in [1.807, 2.05) is 24.8 Å². The first-order valence-electron chi connectivity index (χ1n) is 6.27. The van der Waals surface area contributed by atoms with Gasteiger partial charge in [-0.3, -0.25) is 4.79 Å². The van der Waals surface area contributed by atoms with Gasteiger partial charge in [-0.2, -0.15) is 0 Å². The van der Waals surface area contributed by atoms with Gasteiger partial charge in [-0.05, 0) is 37.3 Å². The molecular formula is C14H19NOS. The summed E-state index contributed by atoms with van der Waals surface area (Å²) in [6, 6.07) is 1.93. The van der Waals surface area contributed by atoms with Crippen LogP contribution in [0.25, 0.3) is 0 Å². The van der Waals surface area contributed by atoms with Gasteiger partial charge >= 0.3 is 0 Å². The molecular weight excluding hydrogens is 230 g/mol. The van der Waals surface area contributed by atoms with Crippen molar-refractivity contribution in [2.45, 2.75) is 49.8 Å². The Labute approximate surface area is 107 Å². The van der Waals surface area contributed by atoms with Crippen LogP contribution in [-0.4, -0.2) is 16.5 Å². The number of pyridine rings is 1. The van der Waals surface area contributed by atoms with Gasteiger partial charge in [0.25, 0.3) is 0 Å². The van der Waals surface area contributed by atoms with Crippen LogP contribution in [-0.2, 0) is 0 Å². The second-order valence-corrected chi connectivity index (χ2v) is 6.31. The zero-order valence-electron chi connectivity index (χ0n) is 10.5. The highest BCUT2D eigenvalue weighted by atomic mass is 32.2. The summed E-state index contributed by atoms with van der Waals surface area (Å²) in [5, 5.41) is 1.79. The molecule has 1 aromatic rings. The van der Waals surface area contributed by atoms with Crippen molar-refractivity contribution in [3.05, 3.63) is 23.4 Å². The van der Waals surface area contributed by atoms with E-state index in [1.165, 1.54) is 25.7 Å². The number of hydrogen-bond acceptors (Lipinski definition) is 3. The highest BCUT2D eigenvalue weighted by Crippen LogP contribution is 2.36. The van der Waals surface area contributed by atoms with Crippen LogP contribution in [0.5, 0.6) is 0 Å². The van der Waals surface area contributed by atoms with Gasteiger partial charge in [-0.15, -0.1) is 11.8 Å². The van der Waals surface area contributed by atoms with Crippen molar-refractivity contribution in [1.29, 1.82) is 0 Å². The van der Waals surface area contributed by atoms with Crippen molar-refractivity contribution in [2.24, 2.45) is 5.92 Å². The van der Waals surface area contributed by atoms with Crippen molar-refractivity contribution >= 4 is 18.0 Å². The average Bonchev–Trinajstić information content (AvgIpc) is 2.32. The maximum Gasteiger partial charge on any atom is 0.151 e. The molecule has 0 saturated heterocycles. The number of hydrogen-bond donors (Lipinski definition) is 0. The van der Waals surface area contributed by atoms with Gasteiger partial charge in [0.05, 0.1) is 5.03 Å². The Kier molecular flexibility index (Phi) is 4.21. The minimum atomic E-state index is 0.670.